The molecule has 6 aliphatic rings. The zero-order valence-corrected chi connectivity index (χ0v) is 20.4. The summed E-state index contributed by atoms with van der Waals surface area (Å²) in [6, 6.07) is 0. The Morgan fingerprint density at radius 2 is 0.793 bits per heavy atom. The van der Waals surface area contributed by atoms with E-state index >= 15 is 0 Å². The maximum Gasteiger partial charge on any atom is -1.00 e. The third-order valence-corrected chi connectivity index (χ3v) is 13.1. The van der Waals surface area contributed by atoms with Crippen molar-refractivity contribution in [3.05, 3.63) is 48.6 Å². The van der Waals surface area contributed by atoms with Crippen molar-refractivity contribution in [1.29, 1.82) is 0 Å². The average Bonchev–Trinajstić information content (AvgIpc) is 3.23. The molecule has 0 spiro atoms. The molecule has 6 aliphatic carbocycles. The molecule has 6 rings (SSSR count). The summed E-state index contributed by atoms with van der Waals surface area (Å²) in [4.78, 5) is 0. The van der Waals surface area contributed by atoms with Crippen LogP contribution in [0.25, 0.3) is 0 Å². The molecule has 0 aromatic carbocycles. The van der Waals surface area contributed by atoms with Crippen molar-refractivity contribution in [2.45, 2.75) is 59.8 Å². The van der Waals surface area contributed by atoms with Crippen LogP contribution in [-0.2, 0) is 19.2 Å². The minimum absolute atomic E-state index is 0. The van der Waals surface area contributed by atoms with Gasteiger partial charge < -0.3 is 24.8 Å². The van der Waals surface area contributed by atoms with Crippen LogP contribution >= 0.6 is 0 Å². The Bertz CT molecular complexity index is 637. The summed E-state index contributed by atoms with van der Waals surface area (Å²) in [6.45, 7) is 0. The van der Waals surface area contributed by atoms with E-state index in [0.717, 1.165) is 55.8 Å². The Kier molecular flexibility index (Phi) is 7.28. The molecular weight excluding hydrogens is 431 g/mol. The van der Waals surface area contributed by atoms with Crippen LogP contribution in [0.1, 0.15) is 51.4 Å². The number of hydrogen-bond acceptors (Lipinski definition) is 0. The van der Waals surface area contributed by atoms with Gasteiger partial charge in [-0.3, -0.25) is 0 Å². The Morgan fingerprint density at radius 3 is 1.21 bits per heavy atom. The van der Waals surface area contributed by atoms with E-state index in [1.165, 1.54) is 38.5 Å². The normalized spacial score (nSPS) is 48.4. The summed E-state index contributed by atoms with van der Waals surface area (Å²) in [5.74, 6) is 7.82. The van der Waals surface area contributed by atoms with E-state index in [1.54, 1.807) is 12.8 Å². The van der Waals surface area contributed by atoms with Crippen LogP contribution in [0.15, 0.2) is 48.6 Å². The predicted octanol–water partition coefficient (Wildman–Crippen LogP) is 1.01. The second-order valence-corrected chi connectivity index (χ2v) is 12.9. The first-order chi connectivity index (χ1) is 13.4. The molecule has 0 aromatic rings. The van der Waals surface area contributed by atoms with Crippen molar-refractivity contribution in [1.82, 2.24) is 0 Å². The Labute approximate surface area is 198 Å². The SMILES string of the molecule is C1=CC2C(C=C1)[CH]([Ti+2][CH]1C3C=CC=CC3C3CCCCC31)C1CCCCC21.[Cl-].[Cl-]. The summed E-state index contributed by atoms with van der Waals surface area (Å²) in [5, 5.41) is 0. The zero-order chi connectivity index (χ0) is 17.8. The molecule has 0 amide bonds. The van der Waals surface area contributed by atoms with Crippen LogP contribution in [0, 0.1) is 47.3 Å². The van der Waals surface area contributed by atoms with E-state index in [4.69, 9.17) is 0 Å². The Hall–Kier alpha value is 0.254. The number of fused-ring (bicyclic) bond motifs is 6. The molecule has 10 atom stereocenters. The molecule has 29 heavy (non-hydrogen) atoms. The zero-order valence-electron chi connectivity index (χ0n) is 17.3. The van der Waals surface area contributed by atoms with Crippen molar-refractivity contribution >= 4 is 0 Å². The van der Waals surface area contributed by atoms with E-state index in [1.807, 2.05) is 0 Å². The van der Waals surface area contributed by atoms with E-state index in [-0.39, 0.29) is 44.0 Å². The van der Waals surface area contributed by atoms with Gasteiger partial charge in [0.1, 0.15) is 0 Å². The Morgan fingerprint density at radius 1 is 0.448 bits per heavy atom. The van der Waals surface area contributed by atoms with Gasteiger partial charge >= 0.3 is 175 Å². The first kappa shape index (κ1) is 22.4. The summed E-state index contributed by atoms with van der Waals surface area (Å²) >= 11 is 0.0910. The minimum Gasteiger partial charge on any atom is -1.00 e. The number of halogens is 2. The van der Waals surface area contributed by atoms with Gasteiger partial charge in [0.2, 0.25) is 0 Å². The van der Waals surface area contributed by atoms with Crippen molar-refractivity contribution in [3.8, 4) is 0 Å². The molecule has 0 bridgehead atoms. The Balaban J connectivity index is 0.00000102. The average molecular weight is 465 g/mol. The van der Waals surface area contributed by atoms with Crippen LogP contribution in [0.4, 0.5) is 0 Å². The molecule has 10 unspecified atom stereocenters. The van der Waals surface area contributed by atoms with Crippen LogP contribution in [0.3, 0.4) is 0 Å². The third kappa shape index (κ3) is 3.73. The fraction of sp³-hybridized carbons (Fsp3) is 0.692. The summed E-state index contributed by atoms with van der Waals surface area (Å²) in [6.07, 6.45) is 32.2. The van der Waals surface area contributed by atoms with Gasteiger partial charge in [0.15, 0.2) is 0 Å². The van der Waals surface area contributed by atoms with Crippen molar-refractivity contribution < 1.29 is 44.0 Å². The molecule has 4 saturated carbocycles. The number of rotatable bonds is 2. The van der Waals surface area contributed by atoms with Gasteiger partial charge in [0, 0.05) is 0 Å². The van der Waals surface area contributed by atoms with Crippen LogP contribution in [-0.4, -0.2) is 0 Å². The van der Waals surface area contributed by atoms with Crippen molar-refractivity contribution in [2.24, 2.45) is 47.3 Å². The summed E-state index contributed by atoms with van der Waals surface area (Å²) in [5.41, 5.74) is 0. The van der Waals surface area contributed by atoms with Crippen molar-refractivity contribution in [2.75, 3.05) is 0 Å². The molecule has 3 heteroatoms. The van der Waals surface area contributed by atoms with Gasteiger partial charge in [-0.15, -0.1) is 0 Å². The molecule has 0 radical (unpaired) electrons. The van der Waals surface area contributed by atoms with Gasteiger partial charge in [0.05, 0.1) is 0 Å². The van der Waals surface area contributed by atoms with Crippen LogP contribution < -0.4 is 24.8 Å². The molecule has 156 valence electrons. The molecule has 0 aromatic heterocycles. The standard InChI is InChI=1S/2C13H17.2ClH.Ti/c2*1-3-7-12-10(5-1)9-11-6-2-4-8-13(11)12;;;/h2*1,3,5,7,9-13H,2,4,6,8H2;2*1H;/q;;;;+2/p-2. The fourth-order valence-corrected chi connectivity index (χ4v) is 12.8. The topological polar surface area (TPSA) is 0 Å². The molecule has 4 fully saturated rings. The van der Waals surface area contributed by atoms with Gasteiger partial charge in [0.25, 0.3) is 0 Å². The third-order valence-electron chi connectivity index (χ3n) is 9.32. The van der Waals surface area contributed by atoms with Gasteiger partial charge in [-0.1, -0.05) is 0 Å². The fourth-order valence-electron chi connectivity index (χ4n) is 8.34. The van der Waals surface area contributed by atoms with E-state index in [0.29, 0.717) is 0 Å². The van der Waals surface area contributed by atoms with Gasteiger partial charge in [-0.05, 0) is 0 Å². The summed E-state index contributed by atoms with van der Waals surface area (Å²) < 4.78 is 2.18. The van der Waals surface area contributed by atoms with E-state index in [9.17, 15) is 0 Å². The van der Waals surface area contributed by atoms with Gasteiger partial charge in [-0.2, -0.15) is 0 Å². The first-order valence-electron chi connectivity index (χ1n) is 11.9. The molecule has 0 N–H and O–H groups in total. The molecular formula is C26H34Cl2Ti. The second kappa shape index (κ2) is 9.40. The van der Waals surface area contributed by atoms with Crippen molar-refractivity contribution in [3.63, 3.8) is 0 Å². The largest absolute Gasteiger partial charge is 1.00 e. The molecule has 0 saturated heterocycles. The van der Waals surface area contributed by atoms with Gasteiger partial charge in [-0.25, -0.2) is 0 Å². The summed E-state index contributed by atoms with van der Waals surface area (Å²) in [7, 11) is 0. The number of allylic oxidation sites excluding steroid dienone is 8. The predicted molar refractivity (Wildman–Crippen MR) is 109 cm³/mol. The second-order valence-electron chi connectivity index (χ2n) is 10.3. The smallest absolute Gasteiger partial charge is 1.00 e. The first-order valence-corrected chi connectivity index (χ1v) is 13.7. The quantitative estimate of drug-likeness (QED) is 0.535. The maximum atomic E-state index is 2.65. The number of hydrogen-bond donors (Lipinski definition) is 0. The van der Waals surface area contributed by atoms with E-state index in [2.05, 4.69) is 48.6 Å². The van der Waals surface area contributed by atoms with Crippen LogP contribution in [0.2, 0.25) is 8.45 Å². The maximum absolute atomic E-state index is 2.65. The molecule has 0 heterocycles. The monoisotopic (exact) mass is 464 g/mol. The molecule has 0 nitrogen and oxygen atoms in total. The van der Waals surface area contributed by atoms with Crippen LogP contribution in [0.5, 0.6) is 0 Å². The van der Waals surface area contributed by atoms with E-state index < -0.39 is 0 Å². The minimum atomic E-state index is 0. The molecule has 0 aliphatic heterocycles.